The van der Waals surface area contributed by atoms with E-state index in [1.807, 2.05) is 0 Å². The molecule has 0 saturated carbocycles. The molecule has 0 bridgehead atoms. The largest absolute Gasteiger partial charge is 0.495 e. The number of para-hydroxylation sites is 2. The van der Waals surface area contributed by atoms with Crippen molar-refractivity contribution in [1.29, 1.82) is 0 Å². The lowest BCUT2D eigenvalue weighted by atomic mass is 10.2. The van der Waals surface area contributed by atoms with Crippen LogP contribution in [-0.4, -0.2) is 22.0 Å². The first-order valence-corrected chi connectivity index (χ1v) is 5.99. The van der Waals surface area contributed by atoms with Crippen molar-refractivity contribution in [2.24, 2.45) is 0 Å². The van der Waals surface area contributed by atoms with Crippen molar-refractivity contribution in [3.8, 4) is 5.75 Å². The molecule has 8 heteroatoms. The van der Waals surface area contributed by atoms with Crippen LogP contribution < -0.4 is 10.1 Å². The van der Waals surface area contributed by atoms with Gasteiger partial charge in [0.05, 0.1) is 17.7 Å². The smallest absolute Gasteiger partial charge is 0.332 e. The van der Waals surface area contributed by atoms with Crippen molar-refractivity contribution in [1.82, 2.24) is 9.97 Å². The van der Waals surface area contributed by atoms with Gasteiger partial charge < -0.3 is 10.1 Å². The molecule has 104 valence electrons. The standard InChI is InChI=1S/C12H11ClN4O3/c1-7-10(17(18)19)11(16-12(13)14-7)15-8-5-3-4-6-9(8)20-2/h3-6H,1-2H3,(H,14,15,16). The molecule has 0 spiro atoms. The van der Waals surface area contributed by atoms with Crippen LogP contribution in [0.15, 0.2) is 24.3 Å². The first-order valence-electron chi connectivity index (χ1n) is 5.61. The van der Waals surface area contributed by atoms with E-state index in [9.17, 15) is 10.1 Å². The second-order valence-electron chi connectivity index (χ2n) is 3.86. The highest BCUT2D eigenvalue weighted by molar-refractivity contribution is 6.28. The molecule has 0 aliphatic rings. The fraction of sp³-hybridized carbons (Fsp3) is 0.167. The van der Waals surface area contributed by atoms with Crippen LogP contribution in [0, 0.1) is 17.0 Å². The van der Waals surface area contributed by atoms with Crippen molar-refractivity contribution in [2.75, 3.05) is 12.4 Å². The van der Waals surface area contributed by atoms with Crippen LogP contribution >= 0.6 is 11.6 Å². The Morgan fingerprint density at radius 2 is 2.05 bits per heavy atom. The van der Waals surface area contributed by atoms with Gasteiger partial charge in [0.2, 0.25) is 11.1 Å². The van der Waals surface area contributed by atoms with Gasteiger partial charge in [-0.25, -0.2) is 4.98 Å². The molecule has 0 saturated heterocycles. The minimum Gasteiger partial charge on any atom is -0.495 e. The van der Waals surface area contributed by atoms with Crippen LogP contribution in [0.5, 0.6) is 5.75 Å². The van der Waals surface area contributed by atoms with E-state index < -0.39 is 4.92 Å². The van der Waals surface area contributed by atoms with E-state index in [1.165, 1.54) is 14.0 Å². The SMILES string of the molecule is COc1ccccc1Nc1nc(Cl)nc(C)c1[N+](=O)[O-]. The molecule has 0 aliphatic heterocycles. The molecule has 1 N–H and O–H groups in total. The fourth-order valence-corrected chi connectivity index (χ4v) is 1.93. The second-order valence-corrected chi connectivity index (χ2v) is 4.20. The fourth-order valence-electron chi connectivity index (χ4n) is 1.71. The molecule has 2 aromatic rings. The van der Waals surface area contributed by atoms with E-state index in [0.717, 1.165) is 0 Å². The number of methoxy groups -OCH3 is 1. The number of halogens is 1. The number of benzene rings is 1. The first-order chi connectivity index (χ1) is 9.52. The Labute approximate surface area is 119 Å². The van der Waals surface area contributed by atoms with Crippen molar-refractivity contribution >= 4 is 28.8 Å². The summed E-state index contributed by atoms with van der Waals surface area (Å²) >= 11 is 5.75. The zero-order valence-electron chi connectivity index (χ0n) is 10.8. The summed E-state index contributed by atoms with van der Waals surface area (Å²) in [6, 6.07) is 7.00. The Hall–Kier alpha value is -2.41. The number of anilines is 2. The average Bonchev–Trinajstić information content (AvgIpc) is 2.38. The summed E-state index contributed by atoms with van der Waals surface area (Å²) in [5.41, 5.74) is 0.514. The van der Waals surface area contributed by atoms with Gasteiger partial charge >= 0.3 is 5.69 Å². The van der Waals surface area contributed by atoms with Gasteiger partial charge in [-0.15, -0.1) is 0 Å². The van der Waals surface area contributed by atoms with Crippen LogP contribution in [-0.2, 0) is 0 Å². The molecule has 1 heterocycles. The van der Waals surface area contributed by atoms with Gasteiger partial charge in [0.25, 0.3) is 0 Å². The molecule has 0 fully saturated rings. The monoisotopic (exact) mass is 294 g/mol. The van der Waals surface area contributed by atoms with E-state index in [-0.39, 0.29) is 22.5 Å². The van der Waals surface area contributed by atoms with Gasteiger partial charge in [-0.05, 0) is 30.7 Å². The van der Waals surface area contributed by atoms with Crippen molar-refractivity contribution in [3.05, 3.63) is 45.4 Å². The summed E-state index contributed by atoms with van der Waals surface area (Å²) in [6.07, 6.45) is 0. The maximum atomic E-state index is 11.1. The van der Waals surface area contributed by atoms with Crippen molar-refractivity contribution in [3.63, 3.8) is 0 Å². The number of hydrogen-bond acceptors (Lipinski definition) is 6. The number of nitrogens with one attached hydrogen (secondary N) is 1. The van der Waals surface area contributed by atoms with Crippen molar-refractivity contribution < 1.29 is 9.66 Å². The number of ether oxygens (including phenoxy) is 1. The Morgan fingerprint density at radius 3 is 2.70 bits per heavy atom. The summed E-state index contributed by atoms with van der Waals surface area (Å²) in [5.74, 6) is 0.561. The number of hydrogen-bond donors (Lipinski definition) is 1. The number of nitro groups is 1. The number of nitrogens with zero attached hydrogens (tertiary/aromatic N) is 3. The lowest BCUT2D eigenvalue weighted by Gasteiger charge is -2.11. The van der Waals surface area contributed by atoms with E-state index >= 15 is 0 Å². The topological polar surface area (TPSA) is 90.2 Å². The zero-order valence-corrected chi connectivity index (χ0v) is 11.5. The summed E-state index contributed by atoms with van der Waals surface area (Å²) in [4.78, 5) is 18.2. The van der Waals surface area contributed by atoms with Gasteiger partial charge in [0, 0.05) is 0 Å². The van der Waals surface area contributed by atoms with Crippen LogP contribution in [0.3, 0.4) is 0 Å². The number of rotatable bonds is 4. The normalized spacial score (nSPS) is 10.2. The predicted molar refractivity (Wildman–Crippen MR) is 74.7 cm³/mol. The molecule has 1 aromatic carbocycles. The van der Waals surface area contributed by atoms with E-state index in [0.29, 0.717) is 11.4 Å². The third-order valence-corrected chi connectivity index (χ3v) is 2.74. The molecule has 20 heavy (non-hydrogen) atoms. The Bertz CT molecular complexity index is 663. The molecule has 7 nitrogen and oxygen atoms in total. The van der Waals surface area contributed by atoms with Crippen LogP contribution in [0.1, 0.15) is 5.69 Å². The minimum atomic E-state index is -0.552. The van der Waals surface area contributed by atoms with Crippen LogP contribution in [0.25, 0.3) is 0 Å². The maximum absolute atomic E-state index is 11.1. The van der Waals surface area contributed by atoms with Crippen molar-refractivity contribution in [2.45, 2.75) is 6.92 Å². The third-order valence-electron chi connectivity index (χ3n) is 2.57. The zero-order chi connectivity index (χ0) is 14.7. The third kappa shape index (κ3) is 2.77. The average molecular weight is 295 g/mol. The van der Waals surface area contributed by atoms with Crippen LogP contribution in [0.2, 0.25) is 5.28 Å². The maximum Gasteiger partial charge on any atom is 0.332 e. The Kier molecular flexibility index (Phi) is 3.99. The summed E-state index contributed by atoms with van der Waals surface area (Å²) in [7, 11) is 1.51. The molecule has 0 amide bonds. The van der Waals surface area contributed by atoms with Gasteiger partial charge in [0.15, 0.2) is 0 Å². The highest BCUT2D eigenvalue weighted by Crippen LogP contribution is 2.32. The summed E-state index contributed by atoms with van der Waals surface area (Å²) in [5, 5.41) is 13.9. The van der Waals surface area contributed by atoms with Gasteiger partial charge in [0.1, 0.15) is 11.4 Å². The predicted octanol–water partition coefficient (Wildman–Crippen LogP) is 3.10. The van der Waals surface area contributed by atoms with E-state index in [2.05, 4.69) is 15.3 Å². The van der Waals surface area contributed by atoms with Gasteiger partial charge in [-0.1, -0.05) is 12.1 Å². The lowest BCUT2D eigenvalue weighted by Crippen LogP contribution is -2.05. The minimum absolute atomic E-state index is 0.0250. The quantitative estimate of drug-likeness (QED) is 0.529. The first kappa shape index (κ1) is 14.0. The molecule has 2 rings (SSSR count). The Balaban J connectivity index is 2.50. The molecule has 0 aliphatic carbocycles. The van der Waals surface area contributed by atoms with E-state index in [1.54, 1.807) is 24.3 Å². The number of aromatic nitrogens is 2. The molecular formula is C12H11ClN4O3. The molecule has 0 unspecified atom stereocenters. The summed E-state index contributed by atoms with van der Waals surface area (Å²) in [6.45, 7) is 1.50. The van der Waals surface area contributed by atoms with Crippen LogP contribution in [0.4, 0.5) is 17.2 Å². The lowest BCUT2D eigenvalue weighted by molar-refractivity contribution is -0.385. The van der Waals surface area contributed by atoms with Gasteiger partial charge in [-0.3, -0.25) is 10.1 Å². The number of aryl methyl sites for hydroxylation is 1. The Morgan fingerprint density at radius 1 is 1.35 bits per heavy atom. The second kappa shape index (κ2) is 5.70. The molecular weight excluding hydrogens is 284 g/mol. The molecule has 1 aromatic heterocycles. The highest BCUT2D eigenvalue weighted by Gasteiger charge is 2.22. The van der Waals surface area contributed by atoms with Gasteiger partial charge in [-0.2, -0.15) is 4.98 Å². The summed E-state index contributed by atoms with van der Waals surface area (Å²) < 4.78 is 5.17. The molecule has 0 radical (unpaired) electrons. The van der Waals surface area contributed by atoms with E-state index in [4.69, 9.17) is 16.3 Å². The highest BCUT2D eigenvalue weighted by atomic mass is 35.5. The molecule has 0 atom stereocenters.